The largest absolute Gasteiger partial charge is 0.354 e. The lowest BCUT2D eigenvalue weighted by molar-refractivity contribution is 1.45. The number of nitriles is 1. The molecule has 0 heterocycles. The fourth-order valence-corrected chi connectivity index (χ4v) is 2.75. The van der Waals surface area contributed by atoms with E-state index in [1.165, 1.54) is 0 Å². The Morgan fingerprint density at radius 1 is 1.00 bits per heavy atom. The van der Waals surface area contributed by atoms with Gasteiger partial charge < -0.3 is 5.32 Å². The Morgan fingerprint density at radius 3 is 2.37 bits per heavy atom. The highest BCUT2D eigenvalue weighted by atomic mass is 79.9. The first-order valence-electron chi connectivity index (χ1n) is 5.13. The third-order valence-corrected chi connectivity index (χ3v) is 4.83. The Balaban J connectivity index is 2.35. The van der Waals surface area contributed by atoms with Crippen molar-refractivity contribution in [1.29, 1.82) is 5.26 Å². The molecule has 0 aromatic heterocycles. The lowest BCUT2D eigenvalue weighted by Gasteiger charge is -2.11. The second-order valence-electron chi connectivity index (χ2n) is 3.65. The molecule has 0 atom stereocenters. The molecule has 0 spiro atoms. The summed E-state index contributed by atoms with van der Waals surface area (Å²) >= 11 is 18.9. The Labute approximate surface area is 137 Å². The van der Waals surface area contributed by atoms with E-state index < -0.39 is 0 Å². The van der Waals surface area contributed by atoms with E-state index in [0.717, 1.165) is 14.6 Å². The lowest BCUT2D eigenvalue weighted by atomic mass is 10.2. The zero-order valence-corrected chi connectivity index (χ0v) is 14.0. The average molecular weight is 421 g/mol. The number of anilines is 2. The van der Waals surface area contributed by atoms with E-state index in [1.54, 1.807) is 12.1 Å². The summed E-state index contributed by atoms with van der Waals surface area (Å²) in [7, 11) is 0. The first-order valence-corrected chi connectivity index (χ1v) is 7.47. The maximum Gasteiger partial charge on any atom is 0.100 e. The molecule has 1 N–H and O–H groups in total. The van der Waals surface area contributed by atoms with Crippen LogP contribution in [-0.2, 0) is 0 Å². The molecule has 0 radical (unpaired) electrons. The Bertz CT molecular complexity index is 681. The van der Waals surface area contributed by atoms with Gasteiger partial charge in [0.1, 0.15) is 6.07 Å². The first-order chi connectivity index (χ1) is 9.02. The third-order valence-electron chi connectivity index (χ3n) is 2.40. The highest BCUT2D eigenvalue weighted by Crippen LogP contribution is 2.37. The van der Waals surface area contributed by atoms with Crippen LogP contribution in [0.1, 0.15) is 5.56 Å². The summed E-state index contributed by atoms with van der Waals surface area (Å²) in [5, 5.41) is 12.9. The molecule has 0 saturated heterocycles. The Kier molecular flexibility index (Phi) is 4.75. The van der Waals surface area contributed by atoms with Crippen molar-refractivity contribution in [3.8, 4) is 6.07 Å². The minimum absolute atomic E-state index is 0.441. The van der Waals surface area contributed by atoms with Gasteiger partial charge in [-0.25, -0.2) is 0 Å². The molecule has 0 saturated carbocycles. The topological polar surface area (TPSA) is 35.8 Å². The van der Waals surface area contributed by atoms with Crippen molar-refractivity contribution in [2.45, 2.75) is 0 Å². The quantitative estimate of drug-likeness (QED) is 0.593. The van der Waals surface area contributed by atoms with Crippen LogP contribution in [0.25, 0.3) is 0 Å². The minimum atomic E-state index is 0.441. The van der Waals surface area contributed by atoms with E-state index in [9.17, 15) is 0 Å². The monoisotopic (exact) mass is 418 g/mol. The molecule has 0 aliphatic rings. The van der Waals surface area contributed by atoms with Crippen molar-refractivity contribution in [1.82, 2.24) is 0 Å². The first kappa shape index (κ1) is 14.7. The van der Waals surface area contributed by atoms with Crippen LogP contribution in [0, 0.1) is 11.3 Å². The summed E-state index contributed by atoms with van der Waals surface area (Å²) < 4.78 is 1.46. The number of nitrogens with zero attached hydrogens (tertiary/aromatic N) is 1. The maximum atomic E-state index is 8.87. The summed E-state index contributed by atoms with van der Waals surface area (Å²) in [5.74, 6) is 0. The van der Waals surface area contributed by atoms with Gasteiger partial charge >= 0.3 is 0 Å². The number of nitrogens with one attached hydrogen (secondary N) is 1. The number of benzene rings is 2. The maximum absolute atomic E-state index is 8.87. The van der Waals surface area contributed by atoms with Gasteiger partial charge in [0.15, 0.2) is 0 Å². The van der Waals surface area contributed by atoms with Crippen molar-refractivity contribution >= 4 is 66.4 Å². The normalized spacial score (nSPS) is 10.1. The van der Waals surface area contributed by atoms with Crippen molar-refractivity contribution in [2.24, 2.45) is 0 Å². The zero-order valence-electron chi connectivity index (χ0n) is 9.35. The molecule has 0 aliphatic heterocycles. The number of rotatable bonds is 2. The molecule has 0 bridgehead atoms. The summed E-state index contributed by atoms with van der Waals surface area (Å²) in [5.41, 5.74) is 2.09. The molecule has 2 nitrogen and oxygen atoms in total. The third kappa shape index (κ3) is 3.24. The molecule has 2 aromatic rings. The second-order valence-corrected chi connectivity index (χ2v) is 6.12. The van der Waals surface area contributed by atoms with E-state index in [2.05, 4.69) is 43.2 Å². The fourth-order valence-electron chi connectivity index (χ4n) is 1.46. The standard InChI is InChI=1S/C13H6Br2Cl2N2/c14-9-3-4-11(13(17)12(9)16)19-8-2-1-7(6-18)10(15)5-8/h1-5,19H. The van der Waals surface area contributed by atoms with Crippen LogP contribution in [0.2, 0.25) is 10.0 Å². The van der Waals surface area contributed by atoms with Crippen molar-refractivity contribution in [3.63, 3.8) is 0 Å². The van der Waals surface area contributed by atoms with Crippen LogP contribution in [0.3, 0.4) is 0 Å². The number of halogens is 4. The molecular formula is C13H6Br2Cl2N2. The van der Waals surface area contributed by atoms with Crippen LogP contribution in [0.5, 0.6) is 0 Å². The Hall–Kier alpha value is -0.730. The highest BCUT2D eigenvalue weighted by Gasteiger charge is 2.09. The molecule has 19 heavy (non-hydrogen) atoms. The van der Waals surface area contributed by atoms with Gasteiger partial charge in [0.25, 0.3) is 0 Å². The van der Waals surface area contributed by atoms with Crippen LogP contribution >= 0.6 is 55.1 Å². The fraction of sp³-hybridized carbons (Fsp3) is 0. The summed E-state index contributed by atoms with van der Waals surface area (Å²) in [6.45, 7) is 0. The average Bonchev–Trinajstić information content (AvgIpc) is 2.40. The van der Waals surface area contributed by atoms with Crippen molar-refractivity contribution in [2.75, 3.05) is 5.32 Å². The van der Waals surface area contributed by atoms with Crippen molar-refractivity contribution in [3.05, 3.63) is 54.9 Å². The summed E-state index contributed by atoms with van der Waals surface area (Å²) in [6.07, 6.45) is 0. The molecular weight excluding hydrogens is 415 g/mol. The number of hydrogen-bond acceptors (Lipinski definition) is 2. The van der Waals surface area contributed by atoms with Crippen LogP contribution in [0.15, 0.2) is 39.3 Å². The van der Waals surface area contributed by atoms with Gasteiger partial charge in [0.05, 0.1) is 21.3 Å². The molecule has 2 aromatic carbocycles. The lowest BCUT2D eigenvalue weighted by Crippen LogP contribution is -1.92. The van der Waals surface area contributed by atoms with E-state index >= 15 is 0 Å². The molecule has 0 amide bonds. The van der Waals surface area contributed by atoms with Gasteiger partial charge in [-0.1, -0.05) is 23.2 Å². The van der Waals surface area contributed by atoms with E-state index in [1.807, 2.05) is 18.2 Å². The second kappa shape index (κ2) is 6.15. The smallest absolute Gasteiger partial charge is 0.100 e. The Morgan fingerprint density at radius 2 is 1.74 bits per heavy atom. The molecule has 6 heteroatoms. The van der Waals surface area contributed by atoms with Gasteiger partial charge in [-0.15, -0.1) is 0 Å². The van der Waals surface area contributed by atoms with Gasteiger partial charge in [-0.2, -0.15) is 5.26 Å². The zero-order chi connectivity index (χ0) is 14.0. The van der Waals surface area contributed by atoms with Crippen LogP contribution in [-0.4, -0.2) is 0 Å². The predicted octanol–water partition coefficient (Wildman–Crippen LogP) is 6.13. The van der Waals surface area contributed by atoms with Crippen molar-refractivity contribution < 1.29 is 0 Å². The van der Waals surface area contributed by atoms with Gasteiger partial charge in [-0.05, 0) is 62.2 Å². The van der Waals surface area contributed by atoms with Gasteiger partial charge in [0, 0.05) is 14.6 Å². The van der Waals surface area contributed by atoms with Crippen LogP contribution in [0.4, 0.5) is 11.4 Å². The predicted molar refractivity (Wildman–Crippen MR) is 86.3 cm³/mol. The van der Waals surface area contributed by atoms with E-state index in [-0.39, 0.29) is 0 Å². The molecule has 0 aliphatic carbocycles. The summed E-state index contributed by atoms with van der Waals surface area (Å²) in [4.78, 5) is 0. The number of hydrogen-bond donors (Lipinski definition) is 1. The highest BCUT2D eigenvalue weighted by molar-refractivity contribution is 9.10. The molecule has 96 valence electrons. The van der Waals surface area contributed by atoms with E-state index in [4.69, 9.17) is 28.5 Å². The molecule has 0 unspecified atom stereocenters. The van der Waals surface area contributed by atoms with E-state index in [0.29, 0.717) is 21.3 Å². The molecule has 2 rings (SSSR count). The minimum Gasteiger partial charge on any atom is -0.354 e. The summed E-state index contributed by atoms with van der Waals surface area (Å²) in [6, 6.07) is 11.1. The van der Waals surface area contributed by atoms with Gasteiger partial charge in [-0.3, -0.25) is 0 Å². The SMILES string of the molecule is N#Cc1ccc(Nc2ccc(Br)c(Cl)c2Cl)cc1Br. The van der Waals surface area contributed by atoms with Gasteiger partial charge in [0.2, 0.25) is 0 Å². The molecule has 0 fully saturated rings. The van der Waals surface area contributed by atoms with Crippen LogP contribution < -0.4 is 5.32 Å².